The molecule has 0 bridgehead atoms. The topological polar surface area (TPSA) is 78.5 Å². The number of anilines is 2. The zero-order chi connectivity index (χ0) is 15.5. The van der Waals surface area contributed by atoms with Crippen LogP contribution in [-0.2, 0) is 14.8 Å². The molecule has 21 heavy (non-hydrogen) atoms. The van der Waals surface area contributed by atoms with Crippen LogP contribution >= 0.6 is 0 Å². The lowest BCUT2D eigenvalue weighted by Crippen LogP contribution is -2.30. The van der Waals surface area contributed by atoms with Crippen molar-refractivity contribution in [3.05, 3.63) is 24.3 Å². The Morgan fingerprint density at radius 1 is 1.33 bits per heavy atom. The lowest BCUT2D eigenvalue weighted by atomic mass is 10.2. The van der Waals surface area contributed by atoms with Crippen LogP contribution < -0.4 is 10.0 Å². The third-order valence-electron chi connectivity index (χ3n) is 3.38. The molecule has 7 heteroatoms. The number of hydrogen-bond acceptors (Lipinski definition) is 4. The van der Waals surface area contributed by atoms with E-state index in [1.54, 1.807) is 30.1 Å². The van der Waals surface area contributed by atoms with Gasteiger partial charge in [0.25, 0.3) is 0 Å². The van der Waals surface area contributed by atoms with E-state index in [0.29, 0.717) is 12.1 Å². The van der Waals surface area contributed by atoms with Gasteiger partial charge < -0.3 is 10.2 Å². The number of nitrogens with one attached hydrogen (secondary N) is 2. The smallest absolute Gasteiger partial charge is 0.244 e. The van der Waals surface area contributed by atoms with Gasteiger partial charge in [-0.05, 0) is 31.0 Å². The molecule has 1 aromatic rings. The minimum Gasteiger partial charge on any atom is -0.374 e. The Hall–Kier alpha value is -1.76. The third kappa shape index (κ3) is 4.10. The SMILES string of the molecule is CCCS(=O)(=O)Nc1cccc(NC2CCN(C)C2=O)c1. The largest absolute Gasteiger partial charge is 0.374 e. The van der Waals surface area contributed by atoms with Crippen molar-refractivity contribution in [2.75, 3.05) is 29.4 Å². The summed E-state index contributed by atoms with van der Waals surface area (Å²) in [6, 6.07) is 6.75. The second kappa shape index (κ2) is 6.34. The second-order valence-corrected chi connectivity index (χ2v) is 7.09. The average molecular weight is 311 g/mol. The Morgan fingerprint density at radius 3 is 2.67 bits per heavy atom. The molecule has 6 nitrogen and oxygen atoms in total. The van der Waals surface area contributed by atoms with Crippen LogP contribution in [0.15, 0.2) is 24.3 Å². The molecule has 1 aliphatic heterocycles. The number of carbonyl (C=O) groups is 1. The second-order valence-electron chi connectivity index (χ2n) is 5.25. The standard InChI is InChI=1S/C14H21N3O3S/c1-3-9-21(19,20)16-12-6-4-5-11(10-12)15-13-7-8-17(2)14(13)18/h4-6,10,13,15-16H,3,7-9H2,1-2H3. The Balaban J connectivity index is 2.06. The van der Waals surface area contributed by atoms with Gasteiger partial charge in [0.15, 0.2) is 0 Å². The molecule has 0 aromatic heterocycles. The van der Waals surface area contributed by atoms with Gasteiger partial charge in [-0.3, -0.25) is 9.52 Å². The van der Waals surface area contributed by atoms with Crippen molar-refractivity contribution in [3.8, 4) is 0 Å². The van der Waals surface area contributed by atoms with Gasteiger partial charge in [0, 0.05) is 19.3 Å². The molecule has 2 rings (SSSR count). The summed E-state index contributed by atoms with van der Waals surface area (Å²) in [5.74, 6) is 0.156. The van der Waals surface area contributed by atoms with Crippen LogP contribution in [0.5, 0.6) is 0 Å². The summed E-state index contributed by atoms with van der Waals surface area (Å²) < 4.78 is 26.1. The molecule has 1 fully saturated rings. The highest BCUT2D eigenvalue weighted by Gasteiger charge is 2.28. The van der Waals surface area contributed by atoms with Crippen LogP contribution in [0.3, 0.4) is 0 Å². The lowest BCUT2D eigenvalue weighted by molar-refractivity contribution is -0.127. The summed E-state index contributed by atoms with van der Waals surface area (Å²) in [5.41, 5.74) is 1.24. The highest BCUT2D eigenvalue weighted by atomic mass is 32.2. The summed E-state index contributed by atoms with van der Waals surface area (Å²) in [6.45, 7) is 2.55. The first kappa shape index (κ1) is 15.6. The maximum absolute atomic E-state index is 11.9. The van der Waals surface area contributed by atoms with Crippen molar-refractivity contribution >= 4 is 27.3 Å². The van der Waals surface area contributed by atoms with E-state index in [-0.39, 0.29) is 17.7 Å². The lowest BCUT2D eigenvalue weighted by Gasteiger charge is -2.14. The summed E-state index contributed by atoms with van der Waals surface area (Å²) in [7, 11) is -1.52. The first-order valence-electron chi connectivity index (χ1n) is 7.03. The monoisotopic (exact) mass is 311 g/mol. The number of likely N-dealkylation sites (tertiary alicyclic amines) is 1. The van der Waals surface area contributed by atoms with E-state index in [4.69, 9.17) is 0 Å². The van der Waals surface area contributed by atoms with Gasteiger partial charge in [-0.25, -0.2) is 8.42 Å². The maximum Gasteiger partial charge on any atom is 0.244 e. The Bertz CT molecular complexity index is 616. The van der Waals surface area contributed by atoms with Crippen molar-refractivity contribution in [2.24, 2.45) is 0 Å². The van der Waals surface area contributed by atoms with E-state index in [2.05, 4.69) is 10.0 Å². The number of hydrogen-bond donors (Lipinski definition) is 2. The van der Waals surface area contributed by atoms with Crippen molar-refractivity contribution in [2.45, 2.75) is 25.8 Å². The minimum atomic E-state index is -3.30. The number of rotatable bonds is 6. The molecule has 116 valence electrons. The summed E-state index contributed by atoms with van der Waals surface area (Å²) >= 11 is 0. The molecular weight excluding hydrogens is 290 g/mol. The Morgan fingerprint density at radius 2 is 2.05 bits per heavy atom. The van der Waals surface area contributed by atoms with Crippen molar-refractivity contribution in [3.63, 3.8) is 0 Å². The number of benzene rings is 1. The first-order chi connectivity index (χ1) is 9.91. The van der Waals surface area contributed by atoms with Crippen molar-refractivity contribution < 1.29 is 13.2 Å². The van der Waals surface area contributed by atoms with E-state index in [0.717, 1.165) is 18.7 Å². The fraction of sp³-hybridized carbons (Fsp3) is 0.500. The molecule has 1 atom stereocenters. The van der Waals surface area contributed by atoms with Crippen LogP contribution in [0.1, 0.15) is 19.8 Å². The summed E-state index contributed by atoms with van der Waals surface area (Å²) in [4.78, 5) is 13.5. The number of carbonyl (C=O) groups excluding carboxylic acids is 1. The summed E-state index contributed by atoms with van der Waals surface area (Å²) in [5, 5.41) is 3.15. The molecule has 1 saturated heterocycles. The first-order valence-corrected chi connectivity index (χ1v) is 8.68. The average Bonchev–Trinajstić information content (AvgIpc) is 2.70. The van der Waals surface area contributed by atoms with E-state index in [1.807, 2.05) is 13.0 Å². The molecule has 2 N–H and O–H groups in total. The number of nitrogens with zero attached hydrogens (tertiary/aromatic N) is 1. The fourth-order valence-corrected chi connectivity index (χ4v) is 3.45. The van der Waals surface area contributed by atoms with Gasteiger partial charge in [-0.15, -0.1) is 0 Å². The number of likely N-dealkylation sites (N-methyl/N-ethyl adjacent to an activating group) is 1. The normalized spacial score (nSPS) is 18.9. The van der Waals surface area contributed by atoms with Crippen LogP contribution in [0.25, 0.3) is 0 Å². The molecule has 0 aliphatic carbocycles. The highest BCUT2D eigenvalue weighted by molar-refractivity contribution is 7.92. The van der Waals surface area contributed by atoms with Crippen LogP contribution in [0, 0.1) is 0 Å². The molecular formula is C14H21N3O3S. The molecule has 1 heterocycles. The van der Waals surface area contributed by atoms with Gasteiger partial charge in [0.1, 0.15) is 6.04 Å². The number of amides is 1. The van der Waals surface area contributed by atoms with Gasteiger partial charge in [-0.1, -0.05) is 13.0 Å². The predicted octanol–water partition coefficient (Wildman–Crippen LogP) is 1.48. The zero-order valence-electron chi connectivity index (χ0n) is 12.3. The molecule has 0 saturated carbocycles. The molecule has 1 unspecified atom stereocenters. The number of sulfonamides is 1. The van der Waals surface area contributed by atoms with Gasteiger partial charge in [0.2, 0.25) is 15.9 Å². The molecule has 0 spiro atoms. The highest BCUT2D eigenvalue weighted by Crippen LogP contribution is 2.20. The molecule has 1 aliphatic rings. The van der Waals surface area contributed by atoms with Gasteiger partial charge in [0.05, 0.1) is 11.4 Å². The fourth-order valence-electron chi connectivity index (χ4n) is 2.33. The van der Waals surface area contributed by atoms with E-state index in [1.165, 1.54) is 0 Å². The van der Waals surface area contributed by atoms with E-state index in [9.17, 15) is 13.2 Å². The predicted molar refractivity (Wildman–Crippen MR) is 83.8 cm³/mol. The third-order valence-corrected chi connectivity index (χ3v) is 4.87. The zero-order valence-corrected chi connectivity index (χ0v) is 13.1. The van der Waals surface area contributed by atoms with Crippen LogP contribution in [0.4, 0.5) is 11.4 Å². The van der Waals surface area contributed by atoms with Crippen molar-refractivity contribution in [1.82, 2.24) is 4.90 Å². The van der Waals surface area contributed by atoms with Gasteiger partial charge >= 0.3 is 0 Å². The Kier molecular flexibility index (Phi) is 4.72. The van der Waals surface area contributed by atoms with Crippen LogP contribution in [-0.4, -0.2) is 44.6 Å². The van der Waals surface area contributed by atoms with Crippen LogP contribution in [0.2, 0.25) is 0 Å². The minimum absolute atomic E-state index is 0.0620. The molecule has 0 radical (unpaired) electrons. The van der Waals surface area contributed by atoms with Crippen molar-refractivity contribution in [1.29, 1.82) is 0 Å². The van der Waals surface area contributed by atoms with Gasteiger partial charge in [-0.2, -0.15) is 0 Å². The molecule has 1 aromatic carbocycles. The van der Waals surface area contributed by atoms with E-state index < -0.39 is 10.0 Å². The summed E-state index contributed by atoms with van der Waals surface area (Å²) in [6.07, 6.45) is 1.32. The Labute approximate surface area is 125 Å². The van der Waals surface area contributed by atoms with E-state index >= 15 is 0 Å². The molecule has 1 amide bonds. The maximum atomic E-state index is 11.9. The quantitative estimate of drug-likeness (QED) is 0.834.